The molecule has 0 radical (unpaired) electrons. The predicted octanol–water partition coefficient (Wildman–Crippen LogP) is 5.32. The summed E-state index contributed by atoms with van der Waals surface area (Å²) in [4.78, 5) is 34.2. The van der Waals surface area contributed by atoms with Crippen molar-refractivity contribution in [3.05, 3.63) is 38.8 Å². The first-order valence-electron chi connectivity index (χ1n) is 12.3. The largest absolute Gasteiger partial charge is 0.492 e. The van der Waals surface area contributed by atoms with Crippen LogP contribution in [0.15, 0.2) is 12.1 Å². The molecule has 2 heterocycles. The van der Waals surface area contributed by atoms with Crippen LogP contribution in [0.25, 0.3) is 0 Å². The Morgan fingerprint density at radius 2 is 1.94 bits per heavy atom. The number of likely N-dealkylation sites (tertiary alicyclic amines) is 1. The molecule has 1 aliphatic carbocycles. The fraction of sp³-hybridized carbons (Fsp3) is 0.556. The number of anilines is 1. The number of fused-ring (bicyclic) bond motifs is 1. The Morgan fingerprint density at radius 1 is 1.26 bits per heavy atom. The second-order valence-corrected chi connectivity index (χ2v) is 11.9. The molecule has 0 atom stereocenters. The minimum Gasteiger partial charge on any atom is -0.492 e. The Hall–Kier alpha value is -2.74. The molecule has 188 valence electrons. The van der Waals surface area contributed by atoms with Gasteiger partial charge in [-0.05, 0) is 50.7 Å². The number of amides is 1. The van der Waals surface area contributed by atoms with Gasteiger partial charge in [-0.3, -0.25) is 9.59 Å². The van der Waals surface area contributed by atoms with E-state index in [1.165, 1.54) is 0 Å². The molecule has 1 spiro atoms. The van der Waals surface area contributed by atoms with Gasteiger partial charge in [0.15, 0.2) is 5.78 Å². The van der Waals surface area contributed by atoms with Gasteiger partial charge in [0.1, 0.15) is 11.4 Å². The number of Topliss-reactive ketones (excluding diaryl/α,β-unsaturated/α-hetero) is 1. The number of hydrogen-bond donors (Lipinski definition) is 2. The highest BCUT2D eigenvalue weighted by Gasteiger charge is 2.44. The topological polar surface area (TPSA) is 95.4 Å². The van der Waals surface area contributed by atoms with E-state index < -0.39 is 0 Å². The van der Waals surface area contributed by atoms with Gasteiger partial charge in [0, 0.05) is 53.7 Å². The molecule has 8 heteroatoms. The van der Waals surface area contributed by atoms with Crippen molar-refractivity contribution in [3.63, 3.8) is 0 Å². The van der Waals surface area contributed by atoms with Crippen LogP contribution in [0.2, 0.25) is 0 Å². The van der Waals surface area contributed by atoms with E-state index in [0.717, 1.165) is 34.8 Å². The van der Waals surface area contributed by atoms with Crippen molar-refractivity contribution in [2.45, 2.75) is 65.7 Å². The SMILES string of the molecule is CCOc1cc(C(=O)N2CCC3(CC2)CC(=O)c2nc(C(C)(C)C)sc2C3)cc(C(C)=N)c1NC. The summed E-state index contributed by atoms with van der Waals surface area (Å²) in [5, 5.41) is 12.3. The maximum Gasteiger partial charge on any atom is 0.254 e. The van der Waals surface area contributed by atoms with Crippen LogP contribution in [-0.4, -0.2) is 54.0 Å². The summed E-state index contributed by atoms with van der Waals surface area (Å²) >= 11 is 1.68. The van der Waals surface area contributed by atoms with Gasteiger partial charge in [-0.1, -0.05) is 20.8 Å². The van der Waals surface area contributed by atoms with E-state index in [9.17, 15) is 9.59 Å². The first kappa shape index (κ1) is 25.4. The molecule has 1 aromatic heterocycles. The quantitative estimate of drug-likeness (QED) is 0.546. The highest BCUT2D eigenvalue weighted by atomic mass is 32.1. The number of rotatable bonds is 5. The van der Waals surface area contributed by atoms with Gasteiger partial charge in [0.25, 0.3) is 5.91 Å². The van der Waals surface area contributed by atoms with Crippen LogP contribution in [0, 0.1) is 10.8 Å². The molecular weight excluding hydrogens is 460 g/mol. The Bertz CT molecular complexity index is 1170. The number of nitrogens with zero attached hydrogens (tertiary/aromatic N) is 2. The lowest BCUT2D eigenvalue weighted by atomic mass is 9.68. The number of nitrogens with one attached hydrogen (secondary N) is 2. The molecule has 0 bridgehead atoms. The van der Waals surface area contributed by atoms with Crippen molar-refractivity contribution < 1.29 is 14.3 Å². The molecule has 1 fully saturated rings. The second kappa shape index (κ2) is 9.37. The lowest BCUT2D eigenvalue weighted by Crippen LogP contribution is -2.46. The first-order valence-corrected chi connectivity index (χ1v) is 13.2. The maximum atomic E-state index is 13.5. The minimum absolute atomic E-state index is 0.0541. The number of thiazole rings is 1. The summed E-state index contributed by atoms with van der Waals surface area (Å²) in [6, 6.07) is 3.56. The Labute approximate surface area is 211 Å². The van der Waals surface area contributed by atoms with Crippen molar-refractivity contribution in [1.29, 1.82) is 5.41 Å². The third-order valence-corrected chi connectivity index (χ3v) is 8.57. The van der Waals surface area contributed by atoms with Crippen molar-refractivity contribution >= 4 is 34.4 Å². The molecule has 1 aliphatic heterocycles. The first-order chi connectivity index (χ1) is 16.5. The minimum atomic E-state index is -0.0915. The van der Waals surface area contributed by atoms with Crippen LogP contribution in [-0.2, 0) is 11.8 Å². The summed E-state index contributed by atoms with van der Waals surface area (Å²) in [5.74, 6) is 0.677. The molecule has 2 N–H and O–H groups in total. The van der Waals surface area contributed by atoms with Crippen LogP contribution >= 0.6 is 11.3 Å². The van der Waals surface area contributed by atoms with E-state index in [0.29, 0.717) is 54.4 Å². The lowest BCUT2D eigenvalue weighted by molar-refractivity contribution is 0.0521. The van der Waals surface area contributed by atoms with Gasteiger partial charge in [-0.25, -0.2) is 4.98 Å². The van der Waals surface area contributed by atoms with Gasteiger partial charge < -0.3 is 20.4 Å². The zero-order chi connectivity index (χ0) is 25.5. The monoisotopic (exact) mass is 496 g/mol. The molecule has 2 aromatic rings. The molecule has 0 unspecified atom stereocenters. The number of carbonyl (C=O) groups excluding carboxylic acids is 2. The van der Waals surface area contributed by atoms with E-state index in [1.807, 2.05) is 11.8 Å². The van der Waals surface area contributed by atoms with Crippen molar-refractivity contribution in [2.75, 3.05) is 32.1 Å². The van der Waals surface area contributed by atoms with Gasteiger partial charge in [0.05, 0.1) is 17.3 Å². The molecule has 1 saturated heterocycles. The summed E-state index contributed by atoms with van der Waals surface area (Å²) in [5.41, 5.74) is 2.81. The Morgan fingerprint density at radius 3 is 2.51 bits per heavy atom. The van der Waals surface area contributed by atoms with E-state index in [1.54, 1.807) is 37.4 Å². The Kier molecular flexibility index (Phi) is 6.79. The number of hydrogen-bond acceptors (Lipinski definition) is 7. The number of ether oxygens (including phenoxy) is 1. The zero-order valence-corrected chi connectivity index (χ0v) is 22.4. The predicted molar refractivity (Wildman–Crippen MR) is 141 cm³/mol. The molecule has 2 aliphatic rings. The molecule has 0 saturated carbocycles. The van der Waals surface area contributed by atoms with Crippen molar-refractivity contribution in [1.82, 2.24) is 9.88 Å². The number of ketones is 1. The van der Waals surface area contributed by atoms with E-state index >= 15 is 0 Å². The third kappa shape index (κ3) is 4.85. The fourth-order valence-electron chi connectivity index (χ4n) is 5.12. The smallest absolute Gasteiger partial charge is 0.254 e. The normalized spacial score (nSPS) is 17.3. The molecular formula is C27H36N4O3S. The van der Waals surface area contributed by atoms with Crippen molar-refractivity contribution in [2.24, 2.45) is 5.41 Å². The summed E-state index contributed by atoms with van der Waals surface area (Å²) in [7, 11) is 1.79. The number of piperidine rings is 1. The van der Waals surface area contributed by atoms with Gasteiger partial charge in [-0.2, -0.15) is 0 Å². The van der Waals surface area contributed by atoms with E-state index in [-0.39, 0.29) is 22.5 Å². The average molecular weight is 497 g/mol. The maximum absolute atomic E-state index is 13.5. The highest BCUT2D eigenvalue weighted by molar-refractivity contribution is 7.12. The standard InChI is InChI=1S/C27H36N4O3S/c1-7-34-20-13-17(12-18(16(2)28)22(20)29-6)24(33)31-10-8-27(9-11-31)14-19(32)23-21(15-27)35-25(30-23)26(3,4)5/h12-13,28-29H,7-11,14-15H2,1-6H3. The summed E-state index contributed by atoms with van der Waals surface area (Å²) in [6.45, 7) is 11.7. The second-order valence-electron chi connectivity index (χ2n) is 10.8. The van der Waals surface area contributed by atoms with Crippen LogP contribution in [0.5, 0.6) is 5.75 Å². The number of carbonyl (C=O) groups is 2. The van der Waals surface area contributed by atoms with Gasteiger partial charge in [0.2, 0.25) is 0 Å². The number of aromatic nitrogens is 1. The van der Waals surface area contributed by atoms with Gasteiger partial charge >= 0.3 is 0 Å². The van der Waals surface area contributed by atoms with E-state index in [2.05, 4.69) is 26.1 Å². The summed E-state index contributed by atoms with van der Waals surface area (Å²) in [6.07, 6.45) is 2.98. The molecule has 35 heavy (non-hydrogen) atoms. The molecule has 1 aromatic carbocycles. The molecule has 7 nitrogen and oxygen atoms in total. The highest BCUT2D eigenvalue weighted by Crippen LogP contribution is 2.46. The average Bonchev–Trinajstić information content (AvgIpc) is 3.24. The van der Waals surface area contributed by atoms with Crippen molar-refractivity contribution in [3.8, 4) is 5.75 Å². The fourth-order valence-corrected chi connectivity index (χ4v) is 6.43. The number of benzene rings is 1. The molecule has 4 rings (SSSR count). The van der Waals surface area contributed by atoms with Crippen LogP contribution < -0.4 is 10.1 Å². The van der Waals surface area contributed by atoms with E-state index in [4.69, 9.17) is 15.1 Å². The summed E-state index contributed by atoms with van der Waals surface area (Å²) < 4.78 is 5.79. The third-order valence-electron chi connectivity index (χ3n) is 7.09. The van der Waals surface area contributed by atoms with Crippen LogP contribution in [0.3, 0.4) is 0 Å². The molecule has 1 amide bonds. The van der Waals surface area contributed by atoms with Gasteiger partial charge in [-0.15, -0.1) is 11.3 Å². The van der Waals surface area contributed by atoms with Crippen LogP contribution in [0.4, 0.5) is 5.69 Å². The van der Waals surface area contributed by atoms with Crippen LogP contribution in [0.1, 0.15) is 90.2 Å². The Balaban J connectivity index is 1.53. The lowest BCUT2D eigenvalue weighted by Gasteiger charge is -2.43. The zero-order valence-electron chi connectivity index (χ0n) is 21.6.